The molecule has 4 amide bonds. The number of hydrogen-bond acceptors (Lipinski definition) is 4. The van der Waals surface area contributed by atoms with Crippen molar-refractivity contribution in [1.29, 1.82) is 0 Å². The number of aryl methyl sites for hydroxylation is 1. The highest BCUT2D eigenvalue weighted by atomic mass is 16.2. The predicted molar refractivity (Wildman–Crippen MR) is 131 cm³/mol. The molecule has 1 heterocycles. The van der Waals surface area contributed by atoms with Gasteiger partial charge in [0.25, 0.3) is 0 Å². The molecule has 0 aromatic heterocycles. The molecule has 176 valence electrons. The summed E-state index contributed by atoms with van der Waals surface area (Å²) in [4.78, 5) is 44.4. The third-order valence-corrected chi connectivity index (χ3v) is 5.95. The fourth-order valence-corrected chi connectivity index (χ4v) is 4.10. The SMILES string of the molecule is CCN(CCCNC(=O)CCCCCN1C(=O)N=C2C=CC=CC2C1=O)c1cccc(C)c1. The zero-order valence-corrected chi connectivity index (χ0v) is 19.6. The maximum atomic E-state index is 12.5. The zero-order chi connectivity index (χ0) is 23.6. The highest BCUT2D eigenvalue weighted by Crippen LogP contribution is 2.20. The molecular formula is C26H34N4O3. The van der Waals surface area contributed by atoms with E-state index in [-0.39, 0.29) is 11.8 Å². The van der Waals surface area contributed by atoms with Gasteiger partial charge < -0.3 is 10.2 Å². The van der Waals surface area contributed by atoms with Crippen LogP contribution in [0.25, 0.3) is 0 Å². The Hall–Kier alpha value is -3.22. The smallest absolute Gasteiger partial charge is 0.350 e. The molecule has 0 spiro atoms. The largest absolute Gasteiger partial charge is 0.372 e. The number of nitrogens with one attached hydrogen (secondary N) is 1. The van der Waals surface area contributed by atoms with E-state index < -0.39 is 11.9 Å². The number of urea groups is 1. The van der Waals surface area contributed by atoms with Crippen LogP contribution in [0, 0.1) is 12.8 Å². The number of nitrogens with zero attached hydrogens (tertiary/aromatic N) is 3. The van der Waals surface area contributed by atoms with Crippen LogP contribution in [0.2, 0.25) is 0 Å². The Labute approximate surface area is 196 Å². The van der Waals surface area contributed by atoms with Gasteiger partial charge in [0.15, 0.2) is 0 Å². The minimum atomic E-state index is -0.490. The summed E-state index contributed by atoms with van der Waals surface area (Å²) in [6.07, 6.45) is 10.6. The zero-order valence-electron chi connectivity index (χ0n) is 19.6. The molecule has 1 unspecified atom stereocenters. The summed E-state index contributed by atoms with van der Waals surface area (Å²) in [5.74, 6) is -0.616. The van der Waals surface area contributed by atoms with E-state index >= 15 is 0 Å². The van der Waals surface area contributed by atoms with Crippen LogP contribution in [0.4, 0.5) is 10.5 Å². The molecule has 1 N–H and O–H groups in total. The normalized spacial score (nSPS) is 17.1. The third-order valence-electron chi connectivity index (χ3n) is 5.95. The van der Waals surface area contributed by atoms with Crippen LogP contribution in [-0.4, -0.2) is 54.6 Å². The number of carbonyl (C=O) groups is 3. The van der Waals surface area contributed by atoms with Crippen molar-refractivity contribution in [3.05, 3.63) is 54.1 Å². The van der Waals surface area contributed by atoms with Crippen molar-refractivity contribution in [2.75, 3.05) is 31.1 Å². The number of rotatable bonds is 12. The summed E-state index contributed by atoms with van der Waals surface area (Å²) in [7, 11) is 0. The van der Waals surface area contributed by atoms with Crippen LogP contribution < -0.4 is 10.2 Å². The van der Waals surface area contributed by atoms with E-state index in [0.717, 1.165) is 32.4 Å². The predicted octanol–water partition coefficient (Wildman–Crippen LogP) is 4.03. The molecule has 7 nitrogen and oxygen atoms in total. The summed E-state index contributed by atoms with van der Waals surface area (Å²) in [5.41, 5.74) is 2.97. The Morgan fingerprint density at radius 3 is 2.79 bits per heavy atom. The van der Waals surface area contributed by atoms with E-state index in [1.165, 1.54) is 16.2 Å². The Morgan fingerprint density at radius 2 is 2.00 bits per heavy atom. The highest BCUT2D eigenvalue weighted by Gasteiger charge is 2.35. The first-order valence-corrected chi connectivity index (χ1v) is 11.9. The van der Waals surface area contributed by atoms with Gasteiger partial charge in [0.2, 0.25) is 11.8 Å². The van der Waals surface area contributed by atoms with E-state index in [2.05, 4.69) is 53.3 Å². The molecule has 0 fully saturated rings. The lowest BCUT2D eigenvalue weighted by molar-refractivity contribution is -0.129. The lowest BCUT2D eigenvalue weighted by Gasteiger charge is -2.28. The molecule has 2 aliphatic rings. The molecule has 1 aromatic rings. The molecule has 0 saturated carbocycles. The van der Waals surface area contributed by atoms with Crippen LogP contribution in [0.3, 0.4) is 0 Å². The first-order valence-electron chi connectivity index (χ1n) is 11.9. The quantitative estimate of drug-likeness (QED) is 0.488. The molecular weight excluding hydrogens is 416 g/mol. The van der Waals surface area contributed by atoms with Crippen molar-refractivity contribution in [2.45, 2.75) is 46.0 Å². The highest BCUT2D eigenvalue weighted by molar-refractivity contribution is 6.21. The summed E-state index contributed by atoms with van der Waals surface area (Å²) in [5, 5.41) is 2.99. The topological polar surface area (TPSA) is 82.1 Å². The number of carbonyl (C=O) groups excluding carboxylic acids is 3. The van der Waals surface area contributed by atoms with E-state index in [1.54, 1.807) is 24.3 Å². The van der Waals surface area contributed by atoms with Gasteiger partial charge in [0, 0.05) is 38.3 Å². The fraction of sp³-hybridized carbons (Fsp3) is 0.462. The number of unbranched alkanes of at least 4 members (excludes halogenated alkanes) is 2. The second-order valence-electron chi connectivity index (χ2n) is 8.46. The number of fused-ring (bicyclic) bond motifs is 1. The van der Waals surface area contributed by atoms with Crippen molar-refractivity contribution >= 4 is 29.2 Å². The van der Waals surface area contributed by atoms with E-state index in [9.17, 15) is 14.4 Å². The molecule has 1 aliphatic heterocycles. The molecule has 0 saturated heterocycles. The molecule has 0 radical (unpaired) electrons. The summed E-state index contributed by atoms with van der Waals surface area (Å²) >= 11 is 0. The molecule has 1 aliphatic carbocycles. The minimum Gasteiger partial charge on any atom is -0.372 e. The second kappa shape index (κ2) is 12.1. The van der Waals surface area contributed by atoms with Crippen LogP contribution in [-0.2, 0) is 9.59 Å². The average Bonchev–Trinajstić information content (AvgIpc) is 2.80. The summed E-state index contributed by atoms with van der Waals surface area (Å²) < 4.78 is 0. The monoisotopic (exact) mass is 450 g/mol. The van der Waals surface area contributed by atoms with Gasteiger partial charge in [-0.05, 0) is 56.9 Å². The second-order valence-corrected chi connectivity index (χ2v) is 8.46. The standard InChI is InChI=1S/C26H34N4O3/c1-3-29(21-12-9-11-20(2)19-21)17-10-16-27-24(31)15-5-4-8-18-30-25(32)22-13-6-7-14-23(22)28-26(30)33/h6-7,9,11-14,19,22H,3-5,8,10,15-18H2,1-2H3,(H,27,31). The van der Waals surface area contributed by atoms with Gasteiger partial charge in [-0.3, -0.25) is 14.5 Å². The van der Waals surface area contributed by atoms with Crippen LogP contribution in [0.15, 0.2) is 53.6 Å². The van der Waals surface area contributed by atoms with E-state index in [1.807, 2.05) is 0 Å². The van der Waals surface area contributed by atoms with E-state index in [0.29, 0.717) is 31.6 Å². The van der Waals surface area contributed by atoms with Gasteiger partial charge in [0.1, 0.15) is 0 Å². The van der Waals surface area contributed by atoms with Crippen molar-refractivity contribution < 1.29 is 14.4 Å². The number of imide groups is 1. The van der Waals surface area contributed by atoms with Gasteiger partial charge in [-0.15, -0.1) is 0 Å². The van der Waals surface area contributed by atoms with Crippen LogP contribution >= 0.6 is 0 Å². The molecule has 1 atom stereocenters. The Kier molecular flexibility index (Phi) is 8.98. The first kappa shape index (κ1) is 24.4. The summed E-state index contributed by atoms with van der Waals surface area (Å²) in [6, 6.07) is 7.97. The van der Waals surface area contributed by atoms with Gasteiger partial charge >= 0.3 is 6.03 Å². The maximum Gasteiger partial charge on any atom is 0.350 e. The van der Waals surface area contributed by atoms with Gasteiger partial charge in [-0.1, -0.05) is 36.8 Å². The average molecular weight is 451 g/mol. The number of anilines is 1. The number of amides is 4. The fourth-order valence-electron chi connectivity index (χ4n) is 4.10. The van der Waals surface area contributed by atoms with Gasteiger partial charge in [0.05, 0.1) is 11.6 Å². The Morgan fingerprint density at radius 1 is 1.15 bits per heavy atom. The molecule has 7 heteroatoms. The molecule has 3 rings (SSSR count). The maximum absolute atomic E-state index is 12.5. The van der Waals surface area contributed by atoms with Crippen LogP contribution in [0.5, 0.6) is 0 Å². The Bertz CT molecular complexity index is 951. The Balaban J connectivity index is 1.28. The molecule has 1 aromatic carbocycles. The van der Waals surface area contributed by atoms with Crippen molar-refractivity contribution in [3.63, 3.8) is 0 Å². The van der Waals surface area contributed by atoms with Crippen molar-refractivity contribution in [2.24, 2.45) is 10.9 Å². The lowest BCUT2D eigenvalue weighted by atomic mass is 9.95. The van der Waals surface area contributed by atoms with E-state index in [4.69, 9.17) is 0 Å². The number of benzene rings is 1. The first-order chi connectivity index (χ1) is 16.0. The van der Waals surface area contributed by atoms with Gasteiger partial charge in [-0.25, -0.2) is 4.79 Å². The minimum absolute atomic E-state index is 0.0482. The molecule has 0 bridgehead atoms. The van der Waals surface area contributed by atoms with Crippen molar-refractivity contribution in [1.82, 2.24) is 10.2 Å². The number of aliphatic imine (C=N–C) groups is 1. The number of allylic oxidation sites excluding steroid dienone is 3. The van der Waals surface area contributed by atoms with Gasteiger partial charge in [-0.2, -0.15) is 4.99 Å². The summed E-state index contributed by atoms with van der Waals surface area (Å²) in [6.45, 7) is 7.06. The van der Waals surface area contributed by atoms with Crippen molar-refractivity contribution in [3.8, 4) is 0 Å². The molecule has 33 heavy (non-hydrogen) atoms. The number of hydrogen-bond donors (Lipinski definition) is 1. The van der Waals surface area contributed by atoms with Crippen LogP contribution in [0.1, 0.15) is 44.6 Å². The lowest BCUT2D eigenvalue weighted by Crippen LogP contribution is -2.46. The third kappa shape index (κ3) is 6.88.